The van der Waals surface area contributed by atoms with Crippen LogP contribution < -0.4 is 37.2 Å². The van der Waals surface area contributed by atoms with Gasteiger partial charge in [0, 0.05) is 0 Å². The van der Waals surface area contributed by atoms with Crippen molar-refractivity contribution < 1.29 is 68.5 Å². The predicted octanol–water partition coefficient (Wildman–Crippen LogP) is -6.36. The van der Waals surface area contributed by atoms with Gasteiger partial charge in [-0.05, 0) is 0 Å². The summed E-state index contributed by atoms with van der Waals surface area (Å²) in [5.74, 6) is -0.495. The Morgan fingerprint density at radius 1 is 1.00 bits per heavy atom. The SMILES string of the molecule is Cc1[cH-]c(C)c(C)c1C.[CH2-]C(=O)OC.[Cl-].[Cl-].[Cl-].[Ti+3]. The zero-order valence-electron chi connectivity index (χ0n) is 11.2. The number of methoxy groups -OCH3 is 1. The molecule has 1 aromatic rings. The molecule has 0 spiro atoms. The van der Waals surface area contributed by atoms with Gasteiger partial charge >= 0.3 is 21.7 Å². The van der Waals surface area contributed by atoms with Gasteiger partial charge in [-0.25, -0.2) is 0 Å². The standard InChI is InChI=1S/C9H13.C3H5O2.3ClH.Ti/c1-6-5-7(2)9(4)8(6)3;1-3(4)5-2;;;;/h5H,1-4H3;1H2,2H3;3*1H;/q2*-1;;;;+3/p-3. The van der Waals surface area contributed by atoms with Gasteiger partial charge in [-0.15, -0.1) is 0 Å². The van der Waals surface area contributed by atoms with E-state index in [-0.39, 0.29) is 58.9 Å². The minimum atomic E-state index is -0.495. The van der Waals surface area contributed by atoms with Crippen LogP contribution in [0.5, 0.6) is 0 Å². The van der Waals surface area contributed by atoms with Crippen LogP contribution in [0.4, 0.5) is 0 Å². The smallest absolute Gasteiger partial charge is 1.00 e. The molecule has 0 atom stereocenters. The molecule has 0 N–H and O–H groups in total. The molecule has 1 aromatic carbocycles. The van der Waals surface area contributed by atoms with E-state index in [1.54, 1.807) is 0 Å². The van der Waals surface area contributed by atoms with Gasteiger partial charge in [-0.1, -0.05) is 27.7 Å². The molecule has 0 aromatic heterocycles. The minimum absolute atomic E-state index is 0. The molecule has 105 valence electrons. The molecule has 0 aliphatic carbocycles. The van der Waals surface area contributed by atoms with Crippen LogP contribution >= 0.6 is 0 Å². The van der Waals surface area contributed by atoms with Gasteiger partial charge in [0.15, 0.2) is 5.97 Å². The monoisotopic (exact) mass is 347 g/mol. The molecule has 0 bridgehead atoms. The average Bonchev–Trinajstić information content (AvgIpc) is 2.34. The summed E-state index contributed by atoms with van der Waals surface area (Å²) in [7, 11) is 1.29. The van der Waals surface area contributed by atoms with E-state index in [0.29, 0.717) is 0 Å². The first-order valence-electron chi connectivity index (χ1n) is 4.50. The van der Waals surface area contributed by atoms with Crippen molar-refractivity contribution in [2.75, 3.05) is 7.11 Å². The van der Waals surface area contributed by atoms with E-state index < -0.39 is 5.97 Å². The zero-order valence-corrected chi connectivity index (χ0v) is 15.1. The number of rotatable bonds is 0. The minimum Gasteiger partial charge on any atom is -1.00 e. The average molecular weight is 348 g/mol. The summed E-state index contributed by atoms with van der Waals surface area (Å²) in [6.45, 7) is 11.6. The van der Waals surface area contributed by atoms with Crippen LogP contribution in [0.3, 0.4) is 0 Å². The Kier molecular flexibility index (Phi) is 26.4. The molecular formula is C12H18Cl3O2Ti-2. The number of ether oxygens (including phenoxy) is 1. The Balaban J connectivity index is -0.0000000567. The van der Waals surface area contributed by atoms with Gasteiger partial charge in [0.2, 0.25) is 0 Å². The third-order valence-corrected chi connectivity index (χ3v) is 2.41. The molecular weight excluding hydrogens is 330 g/mol. The number of halogens is 3. The summed E-state index contributed by atoms with van der Waals surface area (Å²) in [6, 6.07) is 2.24. The Morgan fingerprint density at radius 2 is 1.22 bits per heavy atom. The number of esters is 1. The van der Waals surface area contributed by atoms with E-state index in [1.807, 2.05) is 0 Å². The van der Waals surface area contributed by atoms with E-state index in [0.717, 1.165) is 0 Å². The van der Waals surface area contributed by atoms with Crippen LogP contribution in [-0.2, 0) is 31.2 Å². The molecule has 0 aliphatic rings. The maximum absolute atomic E-state index is 9.48. The van der Waals surface area contributed by atoms with E-state index in [1.165, 1.54) is 29.4 Å². The zero-order chi connectivity index (χ0) is 11.3. The Hall–Kier alpha value is 0.274. The summed E-state index contributed by atoms with van der Waals surface area (Å²) < 4.78 is 4.00. The van der Waals surface area contributed by atoms with Crippen molar-refractivity contribution in [3.63, 3.8) is 0 Å². The fourth-order valence-electron chi connectivity index (χ4n) is 1.13. The van der Waals surface area contributed by atoms with Crippen LogP contribution in [-0.4, -0.2) is 13.1 Å². The van der Waals surface area contributed by atoms with Gasteiger partial charge in [0.25, 0.3) is 0 Å². The molecule has 2 nitrogen and oxygen atoms in total. The summed E-state index contributed by atoms with van der Waals surface area (Å²) >= 11 is 0. The first kappa shape index (κ1) is 30.9. The molecule has 0 heterocycles. The van der Waals surface area contributed by atoms with Gasteiger partial charge < -0.3 is 42.0 Å². The first-order chi connectivity index (χ1) is 6.40. The molecule has 0 fully saturated rings. The Morgan fingerprint density at radius 3 is 1.28 bits per heavy atom. The fraction of sp³-hybridized carbons (Fsp3) is 0.417. The van der Waals surface area contributed by atoms with Crippen LogP contribution in [0.1, 0.15) is 22.3 Å². The van der Waals surface area contributed by atoms with Crippen molar-refractivity contribution in [3.8, 4) is 0 Å². The second-order valence-electron chi connectivity index (χ2n) is 3.34. The topological polar surface area (TPSA) is 26.3 Å². The van der Waals surface area contributed by atoms with Crippen molar-refractivity contribution in [3.05, 3.63) is 35.2 Å². The predicted molar refractivity (Wildman–Crippen MR) is 58.4 cm³/mol. The summed E-state index contributed by atoms with van der Waals surface area (Å²) in [6.07, 6.45) is 0. The van der Waals surface area contributed by atoms with E-state index in [9.17, 15) is 4.79 Å². The molecule has 1 radical (unpaired) electrons. The van der Waals surface area contributed by atoms with Crippen molar-refractivity contribution in [2.24, 2.45) is 0 Å². The molecule has 0 amide bonds. The first-order valence-corrected chi connectivity index (χ1v) is 4.50. The second kappa shape index (κ2) is 15.3. The molecule has 0 unspecified atom stereocenters. The summed E-state index contributed by atoms with van der Waals surface area (Å²) in [5.41, 5.74) is 5.75. The van der Waals surface area contributed by atoms with Crippen LogP contribution in [0, 0.1) is 34.6 Å². The molecule has 0 saturated carbocycles. The van der Waals surface area contributed by atoms with Gasteiger partial charge in [-0.3, -0.25) is 11.7 Å². The number of carbonyl (C=O) groups excluding carboxylic acids is 1. The van der Waals surface area contributed by atoms with Gasteiger partial charge in [0.1, 0.15) is 0 Å². The van der Waals surface area contributed by atoms with Gasteiger partial charge in [-0.2, -0.15) is 28.3 Å². The number of aryl methyl sites for hydroxylation is 2. The maximum atomic E-state index is 9.48. The third-order valence-electron chi connectivity index (χ3n) is 2.41. The largest absolute Gasteiger partial charge is 3.00 e. The molecule has 18 heavy (non-hydrogen) atoms. The van der Waals surface area contributed by atoms with E-state index in [2.05, 4.69) is 45.4 Å². The van der Waals surface area contributed by atoms with Crippen LogP contribution in [0.15, 0.2) is 6.07 Å². The maximum Gasteiger partial charge on any atom is 3.00 e. The van der Waals surface area contributed by atoms with Crippen LogP contribution in [0.2, 0.25) is 0 Å². The van der Waals surface area contributed by atoms with Crippen molar-refractivity contribution in [1.29, 1.82) is 0 Å². The quantitative estimate of drug-likeness (QED) is 0.265. The second-order valence-corrected chi connectivity index (χ2v) is 3.34. The van der Waals surface area contributed by atoms with Gasteiger partial charge in [0.05, 0.1) is 7.11 Å². The molecule has 1 rings (SSSR count). The molecule has 0 aliphatic heterocycles. The Bertz CT molecular complexity index is 303. The molecule has 0 saturated heterocycles. The number of hydrogen-bond donors (Lipinski definition) is 0. The Labute approximate surface area is 144 Å². The number of carbonyl (C=O) groups is 1. The normalized spacial score (nSPS) is 6.94. The van der Waals surface area contributed by atoms with Crippen molar-refractivity contribution in [1.82, 2.24) is 0 Å². The van der Waals surface area contributed by atoms with E-state index >= 15 is 0 Å². The molecule has 6 heteroatoms. The van der Waals surface area contributed by atoms with E-state index in [4.69, 9.17) is 0 Å². The number of hydrogen-bond acceptors (Lipinski definition) is 2. The third kappa shape index (κ3) is 11.4. The van der Waals surface area contributed by atoms with Crippen molar-refractivity contribution in [2.45, 2.75) is 27.7 Å². The summed E-state index contributed by atoms with van der Waals surface area (Å²) in [5, 5.41) is 0. The fourth-order valence-corrected chi connectivity index (χ4v) is 1.13. The van der Waals surface area contributed by atoms with Crippen molar-refractivity contribution >= 4 is 5.97 Å². The summed E-state index contributed by atoms with van der Waals surface area (Å²) in [4.78, 5) is 9.48. The van der Waals surface area contributed by atoms with Crippen LogP contribution in [0.25, 0.3) is 0 Å².